The average molecular weight is 360 g/mol. The Bertz CT molecular complexity index is 946. The first-order chi connectivity index (χ1) is 13.2. The molecule has 1 aliphatic heterocycles. The summed E-state index contributed by atoms with van der Waals surface area (Å²) >= 11 is 0. The lowest BCUT2D eigenvalue weighted by Gasteiger charge is -2.31. The highest BCUT2D eigenvalue weighted by atomic mass is 16.5. The van der Waals surface area contributed by atoms with Gasteiger partial charge in [-0.05, 0) is 49.2 Å². The minimum absolute atomic E-state index is 0.0117. The molecule has 0 saturated carbocycles. The summed E-state index contributed by atoms with van der Waals surface area (Å²) in [5, 5.41) is 8.80. The van der Waals surface area contributed by atoms with E-state index in [1.54, 1.807) is 24.3 Å². The Balaban J connectivity index is 1.30. The second-order valence-electron chi connectivity index (χ2n) is 6.72. The van der Waals surface area contributed by atoms with Crippen LogP contribution in [0.5, 0.6) is 5.75 Å². The number of fused-ring (bicyclic) bond motifs is 1. The molecular formula is C21H20N4O2. The summed E-state index contributed by atoms with van der Waals surface area (Å²) in [6, 6.07) is 16.9. The van der Waals surface area contributed by atoms with Gasteiger partial charge in [-0.3, -0.25) is 4.79 Å². The molecular weight excluding hydrogens is 340 g/mol. The van der Waals surface area contributed by atoms with Crippen LogP contribution < -0.4 is 4.74 Å². The van der Waals surface area contributed by atoms with E-state index < -0.39 is 0 Å². The molecule has 136 valence electrons. The maximum atomic E-state index is 12.4. The number of para-hydroxylation sites is 2. The van der Waals surface area contributed by atoms with Crippen molar-refractivity contribution < 1.29 is 9.53 Å². The number of nitriles is 1. The Labute approximate surface area is 157 Å². The second kappa shape index (κ2) is 7.50. The van der Waals surface area contributed by atoms with Gasteiger partial charge in [0.1, 0.15) is 11.6 Å². The number of likely N-dealkylation sites (tertiary alicyclic amines) is 1. The van der Waals surface area contributed by atoms with Crippen molar-refractivity contribution in [2.45, 2.75) is 18.8 Å². The SMILES string of the molecule is N#Cc1ccc(OCC(=O)N2CCC(c3nc4ccccc4[nH]3)CC2)cc1. The van der Waals surface area contributed by atoms with Crippen LogP contribution in [0.2, 0.25) is 0 Å². The molecule has 0 spiro atoms. The van der Waals surface area contributed by atoms with Gasteiger partial charge in [-0.2, -0.15) is 5.26 Å². The molecule has 3 aromatic rings. The van der Waals surface area contributed by atoms with E-state index in [1.165, 1.54) is 0 Å². The number of carbonyl (C=O) groups is 1. The third-order valence-corrected chi connectivity index (χ3v) is 4.99. The number of amides is 1. The Morgan fingerprint density at radius 3 is 2.63 bits per heavy atom. The van der Waals surface area contributed by atoms with Crippen molar-refractivity contribution in [3.05, 3.63) is 59.9 Å². The number of carbonyl (C=O) groups excluding carboxylic acids is 1. The molecule has 1 aliphatic rings. The van der Waals surface area contributed by atoms with Gasteiger partial charge in [-0.15, -0.1) is 0 Å². The van der Waals surface area contributed by atoms with Crippen LogP contribution >= 0.6 is 0 Å². The van der Waals surface area contributed by atoms with Crippen LogP contribution in [0.15, 0.2) is 48.5 Å². The van der Waals surface area contributed by atoms with Gasteiger partial charge >= 0.3 is 0 Å². The largest absolute Gasteiger partial charge is 0.484 e. The van der Waals surface area contributed by atoms with Crippen molar-refractivity contribution in [3.8, 4) is 11.8 Å². The van der Waals surface area contributed by atoms with Gasteiger partial charge in [-0.1, -0.05) is 12.1 Å². The van der Waals surface area contributed by atoms with Crippen molar-refractivity contribution in [3.63, 3.8) is 0 Å². The predicted molar refractivity (Wildman–Crippen MR) is 101 cm³/mol. The standard InChI is InChI=1S/C21H20N4O2/c22-13-15-5-7-17(8-6-15)27-14-20(26)25-11-9-16(10-12-25)21-23-18-3-1-2-4-19(18)24-21/h1-8,16H,9-12,14H2,(H,23,24). The molecule has 1 fully saturated rings. The number of benzene rings is 2. The van der Waals surface area contributed by atoms with Gasteiger partial charge in [0.05, 0.1) is 22.7 Å². The summed E-state index contributed by atoms with van der Waals surface area (Å²) in [5.74, 6) is 1.94. The predicted octanol–water partition coefficient (Wildman–Crippen LogP) is 3.22. The van der Waals surface area contributed by atoms with E-state index >= 15 is 0 Å². The minimum atomic E-state index is -0.0117. The lowest BCUT2D eigenvalue weighted by Crippen LogP contribution is -2.40. The van der Waals surface area contributed by atoms with Gasteiger partial charge in [-0.25, -0.2) is 4.98 Å². The molecule has 0 unspecified atom stereocenters. The minimum Gasteiger partial charge on any atom is -0.484 e. The summed E-state index contributed by atoms with van der Waals surface area (Å²) in [7, 11) is 0. The summed E-state index contributed by atoms with van der Waals surface area (Å²) in [6.07, 6.45) is 1.78. The average Bonchev–Trinajstić information content (AvgIpc) is 3.17. The highest BCUT2D eigenvalue weighted by Crippen LogP contribution is 2.27. The topological polar surface area (TPSA) is 82.0 Å². The quantitative estimate of drug-likeness (QED) is 0.774. The van der Waals surface area contributed by atoms with E-state index in [-0.39, 0.29) is 12.5 Å². The number of aromatic amines is 1. The number of imidazole rings is 1. The first-order valence-electron chi connectivity index (χ1n) is 9.08. The number of piperidine rings is 1. The summed E-state index contributed by atoms with van der Waals surface area (Å²) in [5.41, 5.74) is 2.62. The van der Waals surface area contributed by atoms with Crippen LogP contribution in [0.1, 0.15) is 30.1 Å². The van der Waals surface area contributed by atoms with Crippen LogP contribution in [0.4, 0.5) is 0 Å². The molecule has 1 aromatic heterocycles. The van der Waals surface area contributed by atoms with E-state index in [0.29, 0.717) is 30.3 Å². The Morgan fingerprint density at radius 2 is 1.93 bits per heavy atom. The van der Waals surface area contributed by atoms with Gasteiger partial charge in [0.25, 0.3) is 5.91 Å². The summed E-state index contributed by atoms with van der Waals surface area (Å²) < 4.78 is 5.55. The molecule has 6 heteroatoms. The lowest BCUT2D eigenvalue weighted by molar-refractivity contribution is -0.134. The number of nitrogens with zero attached hydrogens (tertiary/aromatic N) is 3. The summed E-state index contributed by atoms with van der Waals surface area (Å²) in [6.45, 7) is 1.43. The molecule has 1 saturated heterocycles. The van der Waals surface area contributed by atoms with Gasteiger partial charge in [0, 0.05) is 19.0 Å². The second-order valence-corrected chi connectivity index (χ2v) is 6.72. The van der Waals surface area contributed by atoms with Crippen LogP contribution in [-0.4, -0.2) is 40.5 Å². The highest BCUT2D eigenvalue weighted by Gasteiger charge is 2.25. The monoisotopic (exact) mass is 360 g/mol. The van der Waals surface area contributed by atoms with Crippen molar-refractivity contribution in [2.24, 2.45) is 0 Å². The molecule has 1 amide bonds. The smallest absolute Gasteiger partial charge is 0.260 e. The third kappa shape index (κ3) is 3.77. The van der Waals surface area contributed by atoms with Crippen molar-refractivity contribution >= 4 is 16.9 Å². The van der Waals surface area contributed by atoms with Gasteiger partial charge in [0.2, 0.25) is 0 Å². The highest BCUT2D eigenvalue weighted by molar-refractivity contribution is 5.78. The van der Waals surface area contributed by atoms with E-state index in [1.807, 2.05) is 29.2 Å². The number of hydrogen-bond donors (Lipinski definition) is 1. The zero-order chi connectivity index (χ0) is 18.6. The zero-order valence-corrected chi connectivity index (χ0v) is 14.9. The first kappa shape index (κ1) is 17.1. The molecule has 2 aromatic carbocycles. The number of ether oxygens (including phenoxy) is 1. The normalized spacial score (nSPS) is 14.9. The fourth-order valence-corrected chi connectivity index (χ4v) is 3.43. The van der Waals surface area contributed by atoms with Crippen molar-refractivity contribution in [1.82, 2.24) is 14.9 Å². The van der Waals surface area contributed by atoms with E-state index in [2.05, 4.69) is 16.0 Å². The Kier molecular flexibility index (Phi) is 4.75. The Hall–Kier alpha value is -3.33. The number of aromatic nitrogens is 2. The van der Waals surface area contributed by atoms with E-state index in [0.717, 1.165) is 29.7 Å². The number of hydrogen-bond acceptors (Lipinski definition) is 4. The van der Waals surface area contributed by atoms with Crippen molar-refractivity contribution in [1.29, 1.82) is 5.26 Å². The first-order valence-corrected chi connectivity index (χ1v) is 9.08. The van der Waals surface area contributed by atoms with E-state index in [4.69, 9.17) is 10.00 Å². The Morgan fingerprint density at radius 1 is 1.19 bits per heavy atom. The molecule has 4 rings (SSSR count). The molecule has 27 heavy (non-hydrogen) atoms. The maximum absolute atomic E-state index is 12.4. The van der Waals surface area contributed by atoms with E-state index in [9.17, 15) is 4.79 Å². The molecule has 6 nitrogen and oxygen atoms in total. The third-order valence-electron chi connectivity index (χ3n) is 4.99. The van der Waals surface area contributed by atoms with Crippen LogP contribution in [0.25, 0.3) is 11.0 Å². The zero-order valence-electron chi connectivity index (χ0n) is 14.9. The summed E-state index contributed by atoms with van der Waals surface area (Å²) in [4.78, 5) is 22.3. The van der Waals surface area contributed by atoms with Crippen LogP contribution in [0, 0.1) is 11.3 Å². The molecule has 1 N–H and O–H groups in total. The van der Waals surface area contributed by atoms with Crippen molar-refractivity contribution in [2.75, 3.05) is 19.7 Å². The molecule has 0 bridgehead atoms. The fourth-order valence-electron chi connectivity index (χ4n) is 3.43. The van der Waals surface area contributed by atoms with Gasteiger partial charge in [0.15, 0.2) is 6.61 Å². The van der Waals surface area contributed by atoms with Gasteiger partial charge < -0.3 is 14.6 Å². The molecule has 0 radical (unpaired) electrons. The van der Waals surface area contributed by atoms with Crippen LogP contribution in [0.3, 0.4) is 0 Å². The molecule has 0 aliphatic carbocycles. The fraction of sp³-hybridized carbons (Fsp3) is 0.286. The lowest BCUT2D eigenvalue weighted by atomic mass is 9.96. The molecule has 2 heterocycles. The molecule has 0 atom stereocenters. The van der Waals surface area contributed by atoms with Crippen LogP contribution in [-0.2, 0) is 4.79 Å². The number of nitrogens with one attached hydrogen (secondary N) is 1. The maximum Gasteiger partial charge on any atom is 0.260 e. The number of H-pyrrole nitrogens is 1. The number of rotatable bonds is 4.